The lowest BCUT2D eigenvalue weighted by Crippen LogP contribution is -2.39. The number of carbonyl (C=O) groups is 1. The van der Waals surface area contributed by atoms with E-state index >= 15 is 0 Å². The summed E-state index contributed by atoms with van der Waals surface area (Å²) >= 11 is 0. The van der Waals surface area contributed by atoms with Gasteiger partial charge in [0, 0.05) is 18.6 Å². The highest BCUT2D eigenvalue weighted by molar-refractivity contribution is 5.81. The average Bonchev–Trinajstić information content (AvgIpc) is 2.62. The molecule has 0 saturated heterocycles. The molecule has 1 saturated carbocycles. The lowest BCUT2D eigenvalue weighted by atomic mass is 9.76. The molecule has 1 N–H and O–H groups in total. The maximum Gasteiger partial charge on any atom is 0.316 e. The van der Waals surface area contributed by atoms with Crippen molar-refractivity contribution in [3.63, 3.8) is 0 Å². The van der Waals surface area contributed by atoms with Crippen LogP contribution in [-0.4, -0.2) is 21.0 Å². The van der Waals surface area contributed by atoms with Crippen LogP contribution >= 0.6 is 0 Å². The predicted octanol–water partition coefficient (Wildman–Crippen LogP) is 1.62. The van der Waals surface area contributed by atoms with Gasteiger partial charge < -0.3 is 5.11 Å². The second-order valence-electron chi connectivity index (χ2n) is 4.16. The number of aromatic nitrogens is 2. The molecule has 0 spiro atoms. The van der Waals surface area contributed by atoms with Crippen LogP contribution in [0.1, 0.15) is 31.9 Å². The third-order valence-corrected chi connectivity index (χ3v) is 3.45. The van der Waals surface area contributed by atoms with E-state index in [2.05, 4.69) is 9.97 Å². The summed E-state index contributed by atoms with van der Waals surface area (Å²) in [6, 6.07) is 0. The van der Waals surface area contributed by atoms with E-state index in [-0.39, 0.29) is 5.92 Å². The SMILES string of the molecule is CC1CCCC1(C(=O)O)c1cnccn1. The average molecular weight is 206 g/mol. The molecule has 1 aromatic heterocycles. The molecule has 2 atom stereocenters. The zero-order chi connectivity index (χ0) is 10.9. The van der Waals surface area contributed by atoms with Gasteiger partial charge in [-0.15, -0.1) is 0 Å². The summed E-state index contributed by atoms with van der Waals surface area (Å²) in [6.45, 7) is 1.98. The molecule has 1 heterocycles. The fourth-order valence-electron chi connectivity index (χ4n) is 2.52. The Balaban J connectivity index is 2.49. The first kappa shape index (κ1) is 10.1. The van der Waals surface area contributed by atoms with Crippen LogP contribution in [0.5, 0.6) is 0 Å². The first-order chi connectivity index (χ1) is 7.18. The maximum atomic E-state index is 11.5. The maximum absolute atomic E-state index is 11.5. The van der Waals surface area contributed by atoms with E-state index in [0.29, 0.717) is 12.1 Å². The van der Waals surface area contributed by atoms with Crippen LogP contribution in [0.25, 0.3) is 0 Å². The quantitative estimate of drug-likeness (QED) is 0.798. The normalized spacial score (nSPS) is 30.3. The van der Waals surface area contributed by atoms with Gasteiger partial charge in [-0.2, -0.15) is 0 Å². The fraction of sp³-hybridized carbons (Fsp3) is 0.545. The molecule has 0 aliphatic heterocycles. The van der Waals surface area contributed by atoms with Gasteiger partial charge >= 0.3 is 5.97 Å². The van der Waals surface area contributed by atoms with Crippen LogP contribution in [0.4, 0.5) is 0 Å². The van der Waals surface area contributed by atoms with E-state index in [1.165, 1.54) is 0 Å². The Labute approximate surface area is 88.4 Å². The second-order valence-corrected chi connectivity index (χ2v) is 4.16. The lowest BCUT2D eigenvalue weighted by molar-refractivity contribution is -0.145. The van der Waals surface area contributed by atoms with Gasteiger partial charge in [0.25, 0.3) is 0 Å². The summed E-state index contributed by atoms with van der Waals surface area (Å²) in [5.74, 6) is -0.639. The van der Waals surface area contributed by atoms with Crippen LogP contribution in [0.15, 0.2) is 18.6 Å². The first-order valence-electron chi connectivity index (χ1n) is 5.18. The van der Waals surface area contributed by atoms with Crippen LogP contribution in [-0.2, 0) is 10.2 Å². The standard InChI is InChI=1S/C11H14N2O2/c1-8-3-2-4-11(8,10(14)15)9-7-12-5-6-13-9/h5-8H,2-4H2,1H3,(H,14,15). The Morgan fingerprint density at radius 2 is 2.40 bits per heavy atom. The van der Waals surface area contributed by atoms with E-state index in [4.69, 9.17) is 0 Å². The molecule has 2 unspecified atom stereocenters. The molecule has 2 rings (SSSR count). The Morgan fingerprint density at radius 3 is 2.87 bits per heavy atom. The van der Waals surface area contributed by atoms with E-state index < -0.39 is 11.4 Å². The number of hydrogen-bond donors (Lipinski definition) is 1. The van der Waals surface area contributed by atoms with Crippen LogP contribution in [0, 0.1) is 5.92 Å². The van der Waals surface area contributed by atoms with Crippen molar-refractivity contribution in [3.05, 3.63) is 24.3 Å². The number of hydrogen-bond acceptors (Lipinski definition) is 3. The molecular formula is C11H14N2O2. The van der Waals surface area contributed by atoms with E-state index in [1.807, 2.05) is 6.92 Å². The number of carboxylic acids is 1. The summed E-state index contributed by atoms with van der Waals surface area (Å²) in [5, 5.41) is 9.42. The smallest absolute Gasteiger partial charge is 0.316 e. The lowest BCUT2D eigenvalue weighted by Gasteiger charge is -2.27. The van der Waals surface area contributed by atoms with Gasteiger partial charge in [-0.3, -0.25) is 14.8 Å². The van der Waals surface area contributed by atoms with Gasteiger partial charge in [-0.1, -0.05) is 13.3 Å². The second kappa shape index (κ2) is 3.61. The van der Waals surface area contributed by atoms with E-state index in [1.54, 1.807) is 18.6 Å². The minimum Gasteiger partial charge on any atom is -0.481 e. The minimum absolute atomic E-state index is 0.131. The Kier molecular flexibility index (Phi) is 2.42. The highest BCUT2D eigenvalue weighted by Gasteiger charge is 2.49. The largest absolute Gasteiger partial charge is 0.481 e. The molecule has 0 amide bonds. The molecule has 80 valence electrons. The molecule has 0 radical (unpaired) electrons. The van der Waals surface area contributed by atoms with E-state index in [0.717, 1.165) is 12.8 Å². The predicted molar refractivity (Wildman–Crippen MR) is 54.4 cm³/mol. The number of rotatable bonds is 2. The van der Waals surface area contributed by atoms with Crippen molar-refractivity contribution >= 4 is 5.97 Å². The Hall–Kier alpha value is -1.45. The van der Waals surface area contributed by atoms with Crippen LogP contribution in [0.3, 0.4) is 0 Å². The van der Waals surface area contributed by atoms with Crippen LogP contribution < -0.4 is 0 Å². The van der Waals surface area contributed by atoms with Gasteiger partial charge in [0.05, 0.1) is 5.69 Å². The number of aliphatic carboxylic acids is 1. The summed E-state index contributed by atoms with van der Waals surface area (Å²) in [7, 11) is 0. The molecule has 0 bridgehead atoms. The molecule has 0 aromatic carbocycles. The highest BCUT2D eigenvalue weighted by Crippen LogP contribution is 2.44. The van der Waals surface area contributed by atoms with Crippen molar-refractivity contribution in [2.45, 2.75) is 31.6 Å². The van der Waals surface area contributed by atoms with Crippen molar-refractivity contribution in [2.75, 3.05) is 0 Å². The summed E-state index contributed by atoms with van der Waals surface area (Å²) < 4.78 is 0. The molecule has 1 aliphatic rings. The third-order valence-electron chi connectivity index (χ3n) is 3.45. The van der Waals surface area contributed by atoms with Gasteiger partial charge in [-0.25, -0.2) is 0 Å². The molecule has 4 nitrogen and oxygen atoms in total. The summed E-state index contributed by atoms with van der Waals surface area (Å²) in [6.07, 6.45) is 7.27. The zero-order valence-electron chi connectivity index (χ0n) is 8.68. The minimum atomic E-state index is -0.811. The number of carboxylic acid groups (broad SMARTS) is 1. The molecule has 4 heteroatoms. The molecule has 1 aliphatic carbocycles. The Bertz CT molecular complexity index is 366. The van der Waals surface area contributed by atoms with E-state index in [9.17, 15) is 9.90 Å². The molecule has 1 fully saturated rings. The molecule has 1 aromatic rings. The molecule has 15 heavy (non-hydrogen) atoms. The third kappa shape index (κ3) is 1.40. The topological polar surface area (TPSA) is 63.1 Å². The van der Waals surface area contributed by atoms with Gasteiger partial charge in [0.2, 0.25) is 0 Å². The fourth-order valence-corrected chi connectivity index (χ4v) is 2.52. The van der Waals surface area contributed by atoms with Crippen molar-refractivity contribution in [1.29, 1.82) is 0 Å². The highest BCUT2D eigenvalue weighted by atomic mass is 16.4. The summed E-state index contributed by atoms with van der Waals surface area (Å²) in [4.78, 5) is 19.6. The van der Waals surface area contributed by atoms with Crippen molar-refractivity contribution in [1.82, 2.24) is 9.97 Å². The van der Waals surface area contributed by atoms with Gasteiger partial charge in [0.1, 0.15) is 5.41 Å². The molecular weight excluding hydrogens is 192 g/mol. The first-order valence-corrected chi connectivity index (χ1v) is 5.18. The van der Waals surface area contributed by atoms with Crippen LogP contribution in [0.2, 0.25) is 0 Å². The van der Waals surface area contributed by atoms with Crippen molar-refractivity contribution < 1.29 is 9.90 Å². The monoisotopic (exact) mass is 206 g/mol. The van der Waals surface area contributed by atoms with Crippen molar-refractivity contribution in [2.24, 2.45) is 5.92 Å². The van der Waals surface area contributed by atoms with Gasteiger partial charge in [-0.05, 0) is 18.8 Å². The van der Waals surface area contributed by atoms with Crippen molar-refractivity contribution in [3.8, 4) is 0 Å². The number of nitrogens with zero attached hydrogens (tertiary/aromatic N) is 2. The Morgan fingerprint density at radius 1 is 1.60 bits per heavy atom. The summed E-state index contributed by atoms with van der Waals surface area (Å²) in [5.41, 5.74) is -0.212. The zero-order valence-corrected chi connectivity index (χ0v) is 8.68. The van der Waals surface area contributed by atoms with Gasteiger partial charge in [0.15, 0.2) is 0 Å².